The second-order valence-corrected chi connectivity index (χ2v) is 6.74. The molecule has 0 aliphatic carbocycles. The Hall–Kier alpha value is -1.79. The molecule has 0 bridgehead atoms. The van der Waals surface area contributed by atoms with Gasteiger partial charge < -0.3 is 14.7 Å². The van der Waals surface area contributed by atoms with Gasteiger partial charge >= 0.3 is 12.2 Å². The smallest absolute Gasteiger partial charge is 0.414 e. The fraction of sp³-hybridized carbons (Fsp3) is 0.786. The molecular weight excluding hydrogens is 276 g/mol. The third kappa shape index (κ3) is 3.11. The van der Waals surface area contributed by atoms with Gasteiger partial charge in [-0.25, -0.2) is 14.5 Å². The van der Waals surface area contributed by atoms with Crippen molar-refractivity contribution in [2.75, 3.05) is 19.6 Å². The lowest BCUT2D eigenvalue weighted by molar-refractivity contribution is -0.136. The summed E-state index contributed by atoms with van der Waals surface area (Å²) in [7, 11) is 0. The molecule has 0 radical (unpaired) electrons. The first-order valence-electron chi connectivity index (χ1n) is 7.17. The number of rotatable bonds is 0. The van der Waals surface area contributed by atoms with Crippen LogP contribution in [-0.2, 0) is 9.53 Å². The lowest BCUT2D eigenvalue weighted by Crippen LogP contribution is -2.48. The van der Waals surface area contributed by atoms with Crippen LogP contribution in [0.25, 0.3) is 0 Å². The van der Waals surface area contributed by atoms with Crippen LogP contribution in [0.5, 0.6) is 0 Å². The van der Waals surface area contributed by atoms with Crippen LogP contribution in [0, 0.1) is 5.41 Å². The van der Waals surface area contributed by atoms with Gasteiger partial charge in [0.15, 0.2) is 0 Å². The fourth-order valence-corrected chi connectivity index (χ4v) is 2.91. The summed E-state index contributed by atoms with van der Waals surface area (Å²) >= 11 is 0. The van der Waals surface area contributed by atoms with E-state index >= 15 is 0 Å². The van der Waals surface area contributed by atoms with Gasteiger partial charge in [-0.15, -0.1) is 0 Å². The van der Waals surface area contributed by atoms with Gasteiger partial charge in [0.2, 0.25) is 5.91 Å². The van der Waals surface area contributed by atoms with Crippen LogP contribution in [0.15, 0.2) is 0 Å². The number of ether oxygens (including phenoxy) is 1. The molecule has 2 heterocycles. The number of hydrogen-bond acceptors (Lipinski definition) is 4. The number of hydrogen-bond donors (Lipinski definition) is 1. The first-order chi connectivity index (χ1) is 9.65. The van der Waals surface area contributed by atoms with Crippen LogP contribution in [-0.4, -0.2) is 58.2 Å². The number of imide groups is 1. The fourth-order valence-electron chi connectivity index (χ4n) is 2.91. The Kier molecular flexibility index (Phi) is 3.86. The molecule has 2 aliphatic heterocycles. The van der Waals surface area contributed by atoms with Crippen molar-refractivity contribution in [2.24, 2.45) is 5.41 Å². The first-order valence-corrected chi connectivity index (χ1v) is 7.17. The Morgan fingerprint density at radius 3 is 2.10 bits per heavy atom. The summed E-state index contributed by atoms with van der Waals surface area (Å²) in [5.74, 6) is -0.321. The Morgan fingerprint density at radius 2 is 1.67 bits per heavy atom. The van der Waals surface area contributed by atoms with E-state index in [4.69, 9.17) is 9.84 Å². The largest absolute Gasteiger partial charge is 0.465 e. The molecular formula is C14H22N2O5. The maximum absolute atomic E-state index is 12.2. The molecule has 0 unspecified atom stereocenters. The van der Waals surface area contributed by atoms with Crippen molar-refractivity contribution >= 4 is 18.1 Å². The van der Waals surface area contributed by atoms with Crippen molar-refractivity contribution < 1.29 is 24.2 Å². The summed E-state index contributed by atoms with van der Waals surface area (Å²) in [5.41, 5.74) is -1.16. The van der Waals surface area contributed by atoms with Crippen molar-refractivity contribution in [3.8, 4) is 0 Å². The minimum atomic E-state index is -1.19. The van der Waals surface area contributed by atoms with E-state index in [1.165, 1.54) is 0 Å². The monoisotopic (exact) mass is 298 g/mol. The second kappa shape index (κ2) is 5.20. The lowest BCUT2D eigenvalue weighted by atomic mass is 9.77. The van der Waals surface area contributed by atoms with Gasteiger partial charge in [0.1, 0.15) is 5.60 Å². The highest BCUT2D eigenvalue weighted by Crippen LogP contribution is 2.41. The second-order valence-electron chi connectivity index (χ2n) is 6.74. The topological polar surface area (TPSA) is 87.2 Å². The standard InChI is InChI=1S/C14H22N2O5/c1-13(2,3)21-12(20)15-7-4-14(5-8-15)6-9-16(10(14)17)11(18)19/h4-9H2,1-3H3,(H,18,19). The summed E-state index contributed by atoms with van der Waals surface area (Å²) in [5, 5.41) is 8.99. The van der Waals surface area contributed by atoms with Crippen LogP contribution in [0.4, 0.5) is 9.59 Å². The van der Waals surface area contributed by atoms with Crippen LogP contribution < -0.4 is 0 Å². The molecule has 2 fully saturated rings. The first kappa shape index (κ1) is 15.6. The highest BCUT2D eigenvalue weighted by molar-refractivity contribution is 5.96. The highest BCUT2D eigenvalue weighted by atomic mass is 16.6. The zero-order chi connectivity index (χ0) is 15.8. The van der Waals surface area contributed by atoms with Crippen LogP contribution in [0.3, 0.4) is 0 Å². The molecule has 0 aromatic heterocycles. The van der Waals surface area contributed by atoms with E-state index in [2.05, 4.69) is 0 Å². The van der Waals surface area contributed by atoms with Gasteiger partial charge in [-0.3, -0.25) is 4.79 Å². The summed E-state index contributed by atoms with van der Waals surface area (Å²) in [6, 6.07) is 0. The SMILES string of the molecule is CC(C)(C)OC(=O)N1CCC2(CC1)CCN(C(=O)O)C2=O. The van der Waals surface area contributed by atoms with Gasteiger partial charge in [0.25, 0.3) is 0 Å². The highest BCUT2D eigenvalue weighted by Gasteiger charge is 2.50. The van der Waals surface area contributed by atoms with Crippen LogP contribution in [0.2, 0.25) is 0 Å². The molecule has 2 aliphatic rings. The van der Waals surface area contributed by atoms with E-state index in [-0.39, 0.29) is 18.5 Å². The summed E-state index contributed by atoms with van der Waals surface area (Å²) in [6.45, 7) is 6.52. The normalized spacial score (nSPS) is 21.8. The average Bonchev–Trinajstić information content (AvgIpc) is 2.66. The van der Waals surface area contributed by atoms with Gasteiger partial charge in [-0.1, -0.05) is 0 Å². The minimum Gasteiger partial charge on any atom is -0.465 e. The number of piperidine rings is 1. The lowest BCUT2D eigenvalue weighted by Gasteiger charge is -2.38. The maximum Gasteiger partial charge on any atom is 0.414 e. The van der Waals surface area contributed by atoms with E-state index in [9.17, 15) is 14.4 Å². The van der Waals surface area contributed by atoms with Crippen molar-refractivity contribution in [3.05, 3.63) is 0 Å². The molecule has 0 aromatic rings. The summed E-state index contributed by atoms with van der Waals surface area (Å²) in [4.78, 5) is 37.7. The van der Waals surface area contributed by atoms with E-state index in [1.807, 2.05) is 20.8 Å². The molecule has 118 valence electrons. The van der Waals surface area contributed by atoms with E-state index in [1.54, 1.807) is 4.90 Å². The summed E-state index contributed by atoms with van der Waals surface area (Å²) < 4.78 is 5.31. The van der Waals surface area contributed by atoms with Gasteiger partial charge in [-0.2, -0.15) is 0 Å². The minimum absolute atomic E-state index is 0.251. The van der Waals surface area contributed by atoms with Crippen LogP contribution in [0.1, 0.15) is 40.0 Å². The third-order valence-electron chi connectivity index (χ3n) is 4.12. The predicted octanol–water partition coefficient (Wildman–Crippen LogP) is 1.91. The van der Waals surface area contributed by atoms with E-state index < -0.39 is 17.1 Å². The molecule has 0 saturated carbocycles. The molecule has 7 heteroatoms. The van der Waals surface area contributed by atoms with E-state index in [0.29, 0.717) is 32.4 Å². The number of carbonyl (C=O) groups excluding carboxylic acids is 2. The van der Waals surface area contributed by atoms with Gasteiger partial charge in [0.05, 0.1) is 5.41 Å². The van der Waals surface area contributed by atoms with Crippen LogP contribution >= 0.6 is 0 Å². The van der Waals surface area contributed by atoms with Crippen molar-refractivity contribution in [1.82, 2.24) is 9.80 Å². The Labute approximate surface area is 123 Å². The van der Waals surface area contributed by atoms with Crippen molar-refractivity contribution in [2.45, 2.75) is 45.6 Å². The number of carbonyl (C=O) groups is 3. The molecule has 7 nitrogen and oxygen atoms in total. The number of likely N-dealkylation sites (tertiary alicyclic amines) is 2. The summed E-state index contributed by atoms with van der Waals surface area (Å²) in [6.07, 6.45) is -0.0337. The molecule has 3 amide bonds. The van der Waals surface area contributed by atoms with Gasteiger partial charge in [-0.05, 0) is 40.0 Å². The zero-order valence-corrected chi connectivity index (χ0v) is 12.7. The Morgan fingerprint density at radius 1 is 1.14 bits per heavy atom. The molecule has 1 spiro atoms. The third-order valence-corrected chi connectivity index (χ3v) is 4.12. The predicted molar refractivity (Wildman–Crippen MR) is 73.8 cm³/mol. The molecule has 0 aromatic carbocycles. The molecule has 0 atom stereocenters. The Bertz CT molecular complexity index is 460. The number of carboxylic acid groups (broad SMARTS) is 1. The molecule has 2 saturated heterocycles. The molecule has 1 N–H and O–H groups in total. The molecule has 2 rings (SSSR count). The quantitative estimate of drug-likeness (QED) is 0.738. The average molecular weight is 298 g/mol. The van der Waals surface area contributed by atoms with Crippen molar-refractivity contribution in [3.63, 3.8) is 0 Å². The number of amides is 3. The molecule has 21 heavy (non-hydrogen) atoms. The Balaban J connectivity index is 1.96. The zero-order valence-electron chi connectivity index (χ0n) is 12.7. The van der Waals surface area contributed by atoms with E-state index in [0.717, 1.165) is 4.90 Å². The van der Waals surface area contributed by atoms with Crippen molar-refractivity contribution in [1.29, 1.82) is 0 Å². The maximum atomic E-state index is 12.2. The number of nitrogens with zero attached hydrogens (tertiary/aromatic N) is 2. The van der Waals surface area contributed by atoms with Gasteiger partial charge in [0, 0.05) is 19.6 Å².